The van der Waals surface area contributed by atoms with Gasteiger partial charge in [-0.2, -0.15) is 48.3 Å². The third-order valence-electron chi connectivity index (χ3n) is 2.00. The van der Waals surface area contributed by atoms with Crippen LogP contribution in [0.4, 0.5) is 48.3 Å². The van der Waals surface area contributed by atoms with Crippen molar-refractivity contribution >= 4 is 0 Å². The van der Waals surface area contributed by atoms with Crippen molar-refractivity contribution in [3.8, 4) is 0 Å². The van der Waals surface area contributed by atoms with Crippen molar-refractivity contribution in [2.24, 2.45) is 5.92 Å². The van der Waals surface area contributed by atoms with Crippen molar-refractivity contribution in [3.05, 3.63) is 11.3 Å². The molecule has 0 saturated heterocycles. The highest BCUT2D eigenvalue weighted by Crippen LogP contribution is 2.49. The van der Waals surface area contributed by atoms with E-state index in [4.69, 9.17) is 0 Å². The Hall–Kier alpha value is -1.23. The van der Waals surface area contributed by atoms with Gasteiger partial charge >= 0.3 is 24.5 Å². The zero-order valence-corrected chi connectivity index (χ0v) is 10.9. The van der Waals surface area contributed by atoms with Gasteiger partial charge in [0, 0.05) is 0 Å². The van der Waals surface area contributed by atoms with Gasteiger partial charge in [-0.25, -0.2) is 0 Å². The van der Waals surface area contributed by atoms with Gasteiger partial charge in [-0.05, 0) is 5.92 Å². The molecule has 0 aliphatic carbocycles. The zero-order valence-electron chi connectivity index (χ0n) is 10.9. The highest BCUT2D eigenvalue weighted by Gasteiger charge is 2.67. The van der Waals surface area contributed by atoms with Gasteiger partial charge in [0.1, 0.15) is 0 Å². The first-order chi connectivity index (χ1) is 9.42. The average Bonchev–Trinajstić information content (AvgIpc) is 2.17. The Balaban J connectivity index is 6.40. The van der Waals surface area contributed by atoms with Crippen LogP contribution in [0.3, 0.4) is 0 Å². The molecule has 0 radical (unpaired) electrons. The minimum atomic E-state index is -6.69. The smallest absolute Gasteiger partial charge is 0.461 e. The topological polar surface area (TPSA) is 9.23 Å². The summed E-state index contributed by atoms with van der Waals surface area (Å²) in [6.45, 7) is 1.06. The lowest BCUT2D eigenvalue weighted by Gasteiger charge is -2.27. The molecule has 0 heterocycles. The van der Waals surface area contributed by atoms with Crippen LogP contribution in [-0.4, -0.2) is 31.1 Å². The maximum atomic E-state index is 13.0. The summed E-state index contributed by atoms with van der Waals surface area (Å²) in [5.41, 5.74) is -4.03. The van der Waals surface area contributed by atoms with E-state index in [0.717, 1.165) is 13.8 Å². The predicted octanol–water partition coefficient (Wildman–Crippen LogP) is 5.24. The van der Waals surface area contributed by atoms with E-state index in [1.165, 1.54) is 0 Å². The fraction of sp³-hybridized carbons (Fsp3) is 0.800. The van der Waals surface area contributed by atoms with Crippen LogP contribution in [0.2, 0.25) is 0 Å². The number of alkyl halides is 11. The van der Waals surface area contributed by atoms with E-state index in [9.17, 15) is 48.3 Å². The Kier molecular flexibility index (Phi) is 5.77. The Labute approximate surface area is 116 Å². The van der Waals surface area contributed by atoms with Gasteiger partial charge in [-0.3, -0.25) is 0 Å². The second-order valence-corrected chi connectivity index (χ2v) is 4.48. The Morgan fingerprint density at radius 2 is 1.14 bits per heavy atom. The lowest BCUT2D eigenvalue weighted by atomic mass is 10.1. The number of ether oxygens (including phenoxy) is 1. The molecule has 0 atom stereocenters. The number of rotatable bonds is 4. The monoisotopic (exact) mass is 354 g/mol. The molecule has 0 unspecified atom stereocenters. The third-order valence-corrected chi connectivity index (χ3v) is 2.00. The minimum absolute atomic E-state index is 0.901. The molecule has 22 heavy (non-hydrogen) atoms. The standard InChI is InChI=1S/C10H9F11O/c1-4(2)3-22-6(7(11,12)10(19,20)21)5(8(13,14)15)9(16,17)18/h4H,3H2,1-2H3. The molecular weight excluding hydrogens is 345 g/mol. The van der Waals surface area contributed by atoms with Crippen molar-refractivity contribution in [1.82, 2.24) is 0 Å². The summed E-state index contributed by atoms with van der Waals surface area (Å²) in [7, 11) is 0. The normalized spacial score (nSPS) is 14.3. The molecule has 132 valence electrons. The van der Waals surface area contributed by atoms with Crippen molar-refractivity contribution in [2.75, 3.05) is 6.61 Å². The van der Waals surface area contributed by atoms with Gasteiger partial charge in [-0.1, -0.05) is 13.8 Å². The minimum Gasteiger partial charge on any atom is -0.490 e. The maximum Gasteiger partial charge on any atom is 0.461 e. The fourth-order valence-electron chi connectivity index (χ4n) is 1.12. The van der Waals surface area contributed by atoms with Crippen molar-refractivity contribution in [3.63, 3.8) is 0 Å². The summed E-state index contributed by atoms with van der Waals surface area (Å²) >= 11 is 0. The van der Waals surface area contributed by atoms with E-state index < -0.39 is 48.3 Å². The third kappa shape index (κ3) is 4.90. The molecule has 0 aromatic carbocycles. The van der Waals surface area contributed by atoms with Gasteiger partial charge in [0.05, 0.1) is 6.61 Å². The summed E-state index contributed by atoms with van der Waals surface area (Å²) in [5, 5.41) is 0. The molecule has 0 saturated carbocycles. The van der Waals surface area contributed by atoms with Gasteiger partial charge in [0.2, 0.25) is 0 Å². The first kappa shape index (κ1) is 20.8. The molecule has 1 nitrogen and oxygen atoms in total. The molecule has 0 fully saturated rings. The first-order valence-corrected chi connectivity index (χ1v) is 5.38. The van der Waals surface area contributed by atoms with Crippen molar-refractivity contribution in [1.29, 1.82) is 0 Å². The van der Waals surface area contributed by atoms with Crippen LogP contribution in [0.5, 0.6) is 0 Å². The number of allylic oxidation sites excluding steroid dienone is 2. The quantitative estimate of drug-likeness (QED) is 0.496. The van der Waals surface area contributed by atoms with Crippen molar-refractivity contribution < 1.29 is 53.0 Å². The lowest BCUT2D eigenvalue weighted by molar-refractivity contribution is -0.282. The lowest BCUT2D eigenvalue weighted by Crippen LogP contribution is -2.43. The highest BCUT2D eigenvalue weighted by molar-refractivity contribution is 5.26. The van der Waals surface area contributed by atoms with E-state index in [1.807, 2.05) is 0 Å². The van der Waals surface area contributed by atoms with Crippen molar-refractivity contribution in [2.45, 2.75) is 38.3 Å². The van der Waals surface area contributed by atoms with E-state index >= 15 is 0 Å². The van der Waals surface area contributed by atoms with Crippen LogP contribution in [0.15, 0.2) is 11.3 Å². The second kappa shape index (κ2) is 6.11. The van der Waals surface area contributed by atoms with Crippen LogP contribution in [0.25, 0.3) is 0 Å². The second-order valence-electron chi connectivity index (χ2n) is 4.48. The van der Waals surface area contributed by atoms with Gasteiger partial charge < -0.3 is 4.74 Å². The maximum absolute atomic E-state index is 13.0. The predicted molar refractivity (Wildman–Crippen MR) is 50.9 cm³/mol. The molecule has 0 aliphatic heterocycles. The van der Waals surface area contributed by atoms with E-state index in [-0.39, 0.29) is 0 Å². The van der Waals surface area contributed by atoms with Crippen LogP contribution in [0, 0.1) is 5.92 Å². The van der Waals surface area contributed by atoms with Gasteiger partial charge in [0.25, 0.3) is 0 Å². The Morgan fingerprint density at radius 1 is 0.773 bits per heavy atom. The summed E-state index contributed by atoms with van der Waals surface area (Å²) in [6.07, 6.45) is -19.7. The number of hydrogen-bond donors (Lipinski definition) is 0. The molecule has 0 N–H and O–H groups in total. The Bertz CT molecular complexity index is 394. The molecule has 0 aromatic rings. The van der Waals surface area contributed by atoms with E-state index in [2.05, 4.69) is 4.74 Å². The summed E-state index contributed by atoms with van der Waals surface area (Å²) in [5.74, 6) is -10.9. The van der Waals surface area contributed by atoms with E-state index in [0.29, 0.717) is 0 Å². The molecule has 0 aliphatic rings. The molecule has 0 spiro atoms. The molecule has 0 rings (SSSR count). The van der Waals surface area contributed by atoms with Gasteiger partial charge in [-0.15, -0.1) is 0 Å². The molecule has 12 heteroatoms. The van der Waals surface area contributed by atoms with E-state index in [1.54, 1.807) is 0 Å². The number of hydrogen-bond acceptors (Lipinski definition) is 1. The Morgan fingerprint density at radius 3 is 1.36 bits per heavy atom. The summed E-state index contributed by atoms with van der Waals surface area (Å²) < 4.78 is 140. The number of halogens is 11. The van der Waals surface area contributed by atoms with Crippen LogP contribution in [-0.2, 0) is 4.74 Å². The highest BCUT2D eigenvalue weighted by atomic mass is 19.4. The largest absolute Gasteiger partial charge is 0.490 e. The van der Waals surface area contributed by atoms with Crippen LogP contribution >= 0.6 is 0 Å². The molecule has 0 aromatic heterocycles. The molecule has 0 amide bonds. The summed E-state index contributed by atoms with van der Waals surface area (Å²) in [6, 6.07) is 0. The zero-order chi connectivity index (χ0) is 18.1. The SMILES string of the molecule is CC(C)COC(=C(C(F)(F)F)C(F)(F)F)C(F)(F)C(F)(F)F. The average molecular weight is 354 g/mol. The fourth-order valence-corrected chi connectivity index (χ4v) is 1.12. The molecular formula is C10H9F11O. The van der Waals surface area contributed by atoms with Crippen LogP contribution in [0.1, 0.15) is 13.8 Å². The van der Waals surface area contributed by atoms with Gasteiger partial charge in [0.15, 0.2) is 11.3 Å². The molecule has 0 bridgehead atoms. The first-order valence-electron chi connectivity index (χ1n) is 5.38. The summed E-state index contributed by atoms with van der Waals surface area (Å²) in [4.78, 5) is 0. The van der Waals surface area contributed by atoms with Crippen LogP contribution < -0.4 is 0 Å².